The van der Waals surface area contributed by atoms with Crippen LogP contribution < -0.4 is 10.2 Å². The van der Waals surface area contributed by atoms with Crippen molar-refractivity contribution in [2.75, 3.05) is 23.6 Å². The minimum atomic E-state index is -1.18. The summed E-state index contributed by atoms with van der Waals surface area (Å²) in [5.41, 5.74) is 3.39. The third-order valence-electron chi connectivity index (χ3n) is 6.33. The molecule has 0 aromatic carbocycles. The first-order valence-electron chi connectivity index (χ1n) is 12.6. The molecule has 0 saturated heterocycles. The Balaban J connectivity index is 1.41. The lowest BCUT2D eigenvalue weighted by Gasteiger charge is -2.22. The molecule has 1 fully saturated rings. The summed E-state index contributed by atoms with van der Waals surface area (Å²) >= 11 is 1.66. The van der Waals surface area contributed by atoms with Crippen molar-refractivity contribution in [1.29, 1.82) is 0 Å². The average Bonchev–Trinajstić information content (AvgIpc) is 3.56. The second-order valence-electron chi connectivity index (χ2n) is 10.5. The largest absolute Gasteiger partial charge is 0.361 e. The Bertz CT molecular complexity index is 1290. The first kappa shape index (κ1) is 24.7. The van der Waals surface area contributed by atoms with Crippen molar-refractivity contribution in [3.8, 4) is 0 Å². The van der Waals surface area contributed by atoms with E-state index in [2.05, 4.69) is 45.1 Å². The van der Waals surface area contributed by atoms with Crippen LogP contribution in [-0.2, 0) is 4.74 Å². The van der Waals surface area contributed by atoms with Crippen LogP contribution in [0.4, 0.5) is 22.3 Å². The number of hydrogen-bond donors (Lipinski definition) is 1. The first-order chi connectivity index (χ1) is 17.4. The van der Waals surface area contributed by atoms with Crippen molar-refractivity contribution in [3.05, 3.63) is 53.9 Å². The van der Waals surface area contributed by atoms with E-state index in [1.165, 1.54) is 25.7 Å². The van der Waals surface area contributed by atoms with Crippen LogP contribution in [0.25, 0.3) is 11.0 Å². The minimum Gasteiger partial charge on any atom is -0.361 e. The fourth-order valence-electron chi connectivity index (χ4n) is 4.24. The molecule has 0 spiro atoms. The Labute approximate surface area is 217 Å². The molecule has 1 saturated carbocycles. The molecule has 1 aliphatic rings. The predicted molar refractivity (Wildman–Crippen MR) is 149 cm³/mol. The van der Waals surface area contributed by atoms with Gasteiger partial charge < -0.3 is 10.1 Å². The molecule has 4 heterocycles. The third kappa shape index (κ3) is 6.24. The highest BCUT2D eigenvalue weighted by molar-refractivity contribution is 7.15. The van der Waals surface area contributed by atoms with Crippen LogP contribution >= 0.6 is 11.3 Å². The van der Waals surface area contributed by atoms with Gasteiger partial charge in [0.2, 0.25) is 5.13 Å². The topological polar surface area (TPSA) is 89.0 Å². The van der Waals surface area contributed by atoms with Crippen LogP contribution in [0.15, 0.2) is 48.9 Å². The van der Waals surface area contributed by atoms with E-state index in [9.17, 15) is 0 Å². The van der Waals surface area contributed by atoms with Crippen molar-refractivity contribution in [2.45, 2.75) is 57.3 Å². The molecule has 188 valence electrons. The number of ether oxygens (including phenoxy) is 1. The van der Waals surface area contributed by atoms with Gasteiger partial charge in [0, 0.05) is 26.8 Å². The van der Waals surface area contributed by atoms with Gasteiger partial charge in [0.05, 0.1) is 34.8 Å². The summed E-state index contributed by atoms with van der Waals surface area (Å²) in [5, 5.41) is 14.4. The molecule has 1 N–H and O–H groups in total. The Morgan fingerprint density at radius 2 is 1.92 bits per heavy atom. The highest BCUT2D eigenvalue weighted by Crippen LogP contribution is 2.38. The number of pyridine rings is 3. The number of aromatic nitrogens is 5. The predicted octanol–water partition coefficient (Wildman–Crippen LogP) is 6.73. The van der Waals surface area contributed by atoms with Gasteiger partial charge in [-0.1, -0.05) is 43.8 Å². The zero-order valence-electron chi connectivity index (χ0n) is 21.1. The summed E-state index contributed by atoms with van der Waals surface area (Å²) < 4.78 is 6.15. The van der Waals surface area contributed by atoms with Crippen LogP contribution in [0.1, 0.15) is 36.6 Å². The van der Waals surface area contributed by atoms with E-state index in [1.807, 2.05) is 41.4 Å². The standard InChI is InChI=1S/C26H33N7OSSi/c1-36(2,3)14-13-34-18-33(26-32-31-25(35-26)19-7-4-5-8-19)24-11-10-22-23(30-24)15-21(17-28-22)29-20-9-6-12-27-16-20/h6,9-12,15-17,19,29H,4-5,7-8,13-14,18H2,1-3H3. The van der Waals surface area contributed by atoms with Crippen LogP contribution in [0.3, 0.4) is 0 Å². The number of rotatable bonds is 10. The molecule has 0 amide bonds. The molecule has 36 heavy (non-hydrogen) atoms. The zero-order valence-corrected chi connectivity index (χ0v) is 23.0. The lowest BCUT2D eigenvalue weighted by atomic mass is 10.1. The second-order valence-corrected chi connectivity index (χ2v) is 17.1. The van der Waals surface area contributed by atoms with Crippen molar-refractivity contribution in [3.63, 3.8) is 0 Å². The molecule has 0 bridgehead atoms. The minimum absolute atomic E-state index is 0.392. The van der Waals surface area contributed by atoms with E-state index in [-0.39, 0.29) is 0 Å². The van der Waals surface area contributed by atoms with Crippen LogP contribution in [0.2, 0.25) is 25.7 Å². The summed E-state index contributed by atoms with van der Waals surface area (Å²) in [5.74, 6) is 1.31. The molecule has 4 aromatic rings. The fraction of sp³-hybridized carbons (Fsp3) is 0.423. The van der Waals surface area contributed by atoms with E-state index < -0.39 is 8.07 Å². The van der Waals surface area contributed by atoms with Gasteiger partial charge in [-0.05, 0) is 49.2 Å². The molecule has 5 rings (SSSR count). The molecule has 10 heteroatoms. The smallest absolute Gasteiger partial charge is 0.215 e. The Morgan fingerprint density at radius 1 is 1.06 bits per heavy atom. The van der Waals surface area contributed by atoms with Gasteiger partial charge in [-0.25, -0.2) is 4.98 Å². The Morgan fingerprint density at radius 3 is 2.69 bits per heavy atom. The summed E-state index contributed by atoms with van der Waals surface area (Å²) in [6.45, 7) is 8.21. The molecule has 1 aliphatic carbocycles. The van der Waals surface area contributed by atoms with Gasteiger partial charge in [0.1, 0.15) is 17.6 Å². The lowest BCUT2D eigenvalue weighted by molar-refractivity contribution is 0.153. The van der Waals surface area contributed by atoms with Crippen LogP contribution in [0, 0.1) is 0 Å². The van der Waals surface area contributed by atoms with Crippen LogP contribution in [0.5, 0.6) is 0 Å². The lowest BCUT2D eigenvalue weighted by Crippen LogP contribution is -2.26. The number of nitrogens with one attached hydrogen (secondary N) is 1. The summed E-state index contributed by atoms with van der Waals surface area (Å²) in [4.78, 5) is 15.8. The molecule has 4 aromatic heterocycles. The van der Waals surface area contributed by atoms with Crippen LogP contribution in [-0.4, -0.2) is 46.6 Å². The summed E-state index contributed by atoms with van der Waals surface area (Å²) in [6, 6.07) is 11.0. The van der Waals surface area contributed by atoms with Gasteiger partial charge in [-0.2, -0.15) is 0 Å². The number of hydrogen-bond acceptors (Lipinski definition) is 9. The summed E-state index contributed by atoms with van der Waals surface area (Å²) in [6.07, 6.45) is 10.3. The highest BCUT2D eigenvalue weighted by Gasteiger charge is 2.24. The van der Waals surface area contributed by atoms with Gasteiger partial charge in [-0.15, -0.1) is 10.2 Å². The maximum atomic E-state index is 6.15. The zero-order chi connectivity index (χ0) is 25.0. The van der Waals surface area contributed by atoms with E-state index in [0.29, 0.717) is 12.6 Å². The van der Waals surface area contributed by atoms with Crippen molar-refractivity contribution in [2.24, 2.45) is 0 Å². The molecule has 0 unspecified atom stereocenters. The van der Waals surface area contributed by atoms with E-state index in [0.717, 1.165) is 51.0 Å². The van der Waals surface area contributed by atoms with Gasteiger partial charge in [-0.3, -0.25) is 14.9 Å². The van der Waals surface area contributed by atoms with Crippen molar-refractivity contribution >= 4 is 52.8 Å². The second kappa shape index (κ2) is 11.0. The Kier molecular flexibility index (Phi) is 7.54. The third-order valence-corrected chi connectivity index (χ3v) is 9.14. The molecule has 0 atom stereocenters. The quantitative estimate of drug-likeness (QED) is 0.140. The number of fused-ring (bicyclic) bond motifs is 1. The van der Waals surface area contributed by atoms with E-state index in [4.69, 9.17) is 9.72 Å². The Hall–Kier alpha value is -2.95. The van der Waals surface area contributed by atoms with Gasteiger partial charge in [0.25, 0.3) is 0 Å². The molecular formula is C26H33N7OSSi. The monoisotopic (exact) mass is 519 g/mol. The van der Waals surface area contributed by atoms with E-state index >= 15 is 0 Å². The number of nitrogens with zero attached hydrogens (tertiary/aromatic N) is 6. The maximum Gasteiger partial charge on any atom is 0.215 e. The van der Waals surface area contributed by atoms with E-state index in [1.54, 1.807) is 23.7 Å². The normalized spacial score (nSPS) is 14.4. The molecule has 0 aliphatic heterocycles. The SMILES string of the molecule is C[Si](C)(C)CCOCN(c1ccc2ncc(Nc3cccnc3)cc2n1)c1nnc(C2CCCC2)s1. The average molecular weight is 520 g/mol. The fourth-order valence-corrected chi connectivity index (χ4v) is 6.01. The highest BCUT2D eigenvalue weighted by atomic mass is 32.1. The molecular weight excluding hydrogens is 486 g/mol. The van der Waals surface area contributed by atoms with Gasteiger partial charge >= 0.3 is 0 Å². The van der Waals surface area contributed by atoms with Gasteiger partial charge in [0.15, 0.2) is 0 Å². The molecule has 8 nitrogen and oxygen atoms in total. The van der Waals surface area contributed by atoms with Crippen molar-refractivity contribution < 1.29 is 4.74 Å². The first-order valence-corrected chi connectivity index (χ1v) is 17.1. The number of anilines is 4. The molecule has 0 radical (unpaired) electrons. The van der Waals surface area contributed by atoms with Crippen molar-refractivity contribution in [1.82, 2.24) is 25.1 Å². The summed E-state index contributed by atoms with van der Waals surface area (Å²) in [7, 11) is -1.18. The maximum absolute atomic E-state index is 6.15.